The monoisotopic (exact) mass is 373 g/mol. The van der Waals surface area contributed by atoms with Crippen molar-refractivity contribution in [3.63, 3.8) is 0 Å². The van der Waals surface area contributed by atoms with Gasteiger partial charge in [-0.05, 0) is 41.5 Å². The Morgan fingerprint density at radius 2 is 1.37 bits per heavy atom. The average Bonchev–Trinajstić information content (AvgIpc) is 2.95. The van der Waals surface area contributed by atoms with Gasteiger partial charge in [0.15, 0.2) is 5.78 Å². The Balaban J connectivity index is 1.83. The Bertz CT molecular complexity index is 952. The van der Waals surface area contributed by atoms with Crippen LogP contribution in [-0.4, -0.2) is 11.7 Å². The third-order valence-electron chi connectivity index (χ3n) is 4.55. The average molecular weight is 374 g/mol. The summed E-state index contributed by atoms with van der Waals surface area (Å²) in [7, 11) is 0. The summed E-state index contributed by atoms with van der Waals surface area (Å²) < 4.78 is 0. The number of benzene rings is 3. The predicted octanol–water partition coefficient (Wildman–Crippen LogP) is 5.08. The Morgan fingerprint density at radius 3 is 2.00 bits per heavy atom. The van der Waals surface area contributed by atoms with Crippen molar-refractivity contribution in [2.75, 3.05) is 4.90 Å². The van der Waals surface area contributed by atoms with Crippen LogP contribution in [0, 0.1) is 0 Å². The molecule has 0 aromatic heterocycles. The normalized spacial score (nSPS) is 18.3. The Hall–Kier alpha value is -3.17. The van der Waals surface area contributed by atoms with Gasteiger partial charge in [0, 0.05) is 10.7 Å². The van der Waals surface area contributed by atoms with Gasteiger partial charge in [0.05, 0.1) is 5.57 Å². The molecule has 0 N–H and O–H groups in total. The molecule has 1 atom stereocenters. The number of para-hydroxylation sites is 1. The molecule has 1 aliphatic heterocycles. The van der Waals surface area contributed by atoms with Crippen LogP contribution >= 0.6 is 11.6 Å². The van der Waals surface area contributed by atoms with Crippen LogP contribution in [0.5, 0.6) is 0 Å². The zero-order valence-corrected chi connectivity index (χ0v) is 15.1. The van der Waals surface area contributed by atoms with Crippen LogP contribution in [0.3, 0.4) is 0 Å². The maximum atomic E-state index is 13.2. The SMILES string of the molecule is O=C1/C(=C/c2ccc(Cl)cc2)C(=O)N(c2ccccc2)C1c1ccccc1. The van der Waals surface area contributed by atoms with Gasteiger partial charge >= 0.3 is 0 Å². The molecule has 1 heterocycles. The van der Waals surface area contributed by atoms with Gasteiger partial charge < -0.3 is 0 Å². The highest BCUT2D eigenvalue weighted by atomic mass is 35.5. The summed E-state index contributed by atoms with van der Waals surface area (Å²) in [5.41, 5.74) is 2.43. The molecule has 4 rings (SSSR count). The number of carbonyl (C=O) groups is 2. The van der Waals surface area contributed by atoms with Crippen LogP contribution in [-0.2, 0) is 9.59 Å². The van der Waals surface area contributed by atoms with Gasteiger partial charge in [0.2, 0.25) is 0 Å². The van der Waals surface area contributed by atoms with Gasteiger partial charge in [-0.3, -0.25) is 14.5 Å². The van der Waals surface area contributed by atoms with E-state index in [2.05, 4.69) is 0 Å². The second-order valence-corrected chi connectivity index (χ2v) is 6.73. The lowest BCUT2D eigenvalue weighted by Gasteiger charge is -2.23. The summed E-state index contributed by atoms with van der Waals surface area (Å²) in [6.07, 6.45) is 1.64. The molecule has 0 bridgehead atoms. The largest absolute Gasteiger partial charge is 0.293 e. The summed E-state index contributed by atoms with van der Waals surface area (Å²) >= 11 is 5.93. The molecule has 4 heteroatoms. The highest BCUT2D eigenvalue weighted by Crippen LogP contribution is 2.37. The van der Waals surface area contributed by atoms with Crippen molar-refractivity contribution in [2.24, 2.45) is 0 Å². The van der Waals surface area contributed by atoms with Gasteiger partial charge in [-0.15, -0.1) is 0 Å². The van der Waals surface area contributed by atoms with E-state index in [-0.39, 0.29) is 17.3 Å². The molecular weight excluding hydrogens is 358 g/mol. The zero-order chi connectivity index (χ0) is 18.8. The van der Waals surface area contributed by atoms with Crippen molar-refractivity contribution < 1.29 is 9.59 Å². The number of hydrogen-bond donors (Lipinski definition) is 0. The van der Waals surface area contributed by atoms with E-state index >= 15 is 0 Å². The molecule has 1 amide bonds. The van der Waals surface area contributed by atoms with Crippen molar-refractivity contribution in [3.05, 3.63) is 107 Å². The predicted molar refractivity (Wildman–Crippen MR) is 108 cm³/mol. The third-order valence-corrected chi connectivity index (χ3v) is 4.80. The van der Waals surface area contributed by atoms with Crippen molar-refractivity contribution in [1.82, 2.24) is 0 Å². The maximum absolute atomic E-state index is 13.2. The summed E-state index contributed by atoms with van der Waals surface area (Å²) in [5, 5.41) is 0.606. The fourth-order valence-electron chi connectivity index (χ4n) is 3.27. The maximum Gasteiger partial charge on any atom is 0.262 e. The van der Waals surface area contributed by atoms with Crippen molar-refractivity contribution in [3.8, 4) is 0 Å². The number of halogens is 1. The smallest absolute Gasteiger partial charge is 0.262 e. The minimum atomic E-state index is -0.667. The molecule has 27 heavy (non-hydrogen) atoms. The quantitative estimate of drug-likeness (QED) is 0.474. The molecule has 0 spiro atoms. The molecule has 1 aliphatic rings. The van der Waals surface area contributed by atoms with Gasteiger partial charge in [-0.1, -0.05) is 72.3 Å². The van der Waals surface area contributed by atoms with E-state index in [1.54, 1.807) is 35.2 Å². The summed E-state index contributed by atoms with van der Waals surface area (Å²) in [6, 6.07) is 25.0. The number of rotatable bonds is 3. The standard InChI is InChI=1S/C23H16ClNO2/c24-18-13-11-16(12-14-18)15-20-22(26)21(17-7-3-1-4-8-17)25(23(20)27)19-9-5-2-6-10-19/h1-15,21H/b20-15-. The number of anilines is 1. The first-order chi connectivity index (χ1) is 13.1. The Labute approximate surface area is 162 Å². The molecule has 3 nitrogen and oxygen atoms in total. The third kappa shape index (κ3) is 3.29. The summed E-state index contributed by atoms with van der Waals surface area (Å²) in [4.78, 5) is 28.0. The van der Waals surface area contributed by atoms with E-state index in [0.29, 0.717) is 10.7 Å². The van der Waals surface area contributed by atoms with E-state index in [0.717, 1.165) is 11.1 Å². The van der Waals surface area contributed by atoms with E-state index in [9.17, 15) is 9.59 Å². The molecule has 3 aromatic carbocycles. The molecule has 1 unspecified atom stereocenters. The highest BCUT2D eigenvalue weighted by molar-refractivity contribution is 6.35. The lowest BCUT2D eigenvalue weighted by Crippen LogP contribution is -2.28. The van der Waals surface area contributed by atoms with Gasteiger partial charge in [-0.2, -0.15) is 0 Å². The molecule has 132 valence electrons. The molecule has 0 saturated carbocycles. The number of ketones is 1. The molecular formula is C23H16ClNO2. The lowest BCUT2D eigenvalue weighted by molar-refractivity contribution is -0.116. The number of amides is 1. The molecule has 1 saturated heterocycles. The second kappa shape index (κ2) is 7.22. The number of nitrogens with zero attached hydrogens (tertiary/aromatic N) is 1. The minimum Gasteiger partial charge on any atom is -0.293 e. The van der Waals surface area contributed by atoms with E-state index < -0.39 is 6.04 Å². The number of hydrogen-bond acceptors (Lipinski definition) is 2. The van der Waals surface area contributed by atoms with Crippen LogP contribution in [0.2, 0.25) is 5.02 Å². The minimum absolute atomic E-state index is 0.176. The highest BCUT2D eigenvalue weighted by Gasteiger charge is 2.44. The fraction of sp³-hybridized carbons (Fsp3) is 0.0435. The fourth-order valence-corrected chi connectivity index (χ4v) is 3.39. The Kier molecular flexibility index (Phi) is 4.61. The van der Waals surface area contributed by atoms with Crippen LogP contribution in [0.15, 0.2) is 90.5 Å². The van der Waals surface area contributed by atoms with Gasteiger partial charge in [0.25, 0.3) is 5.91 Å². The topological polar surface area (TPSA) is 37.4 Å². The molecule has 0 radical (unpaired) electrons. The van der Waals surface area contributed by atoms with Crippen LogP contribution in [0.1, 0.15) is 17.2 Å². The van der Waals surface area contributed by atoms with Crippen molar-refractivity contribution in [1.29, 1.82) is 0 Å². The molecule has 1 fully saturated rings. The summed E-state index contributed by atoms with van der Waals surface area (Å²) in [5.74, 6) is -0.500. The lowest BCUT2D eigenvalue weighted by atomic mass is 10.00. The van der Waals surface area contributed by atoms with E-state index in [1.807, 2.05) is 60.7 Å². The molecule has 0 aliphatic carbocycles. The Morgan fingerprint density at radius 1 is 0.778 bits per heavy atom. The van der Waals surface area contributed by atoms with E-state index in [1.165, 1.54) is 0 Å². The van der Waals surface area contributed by atoms with Crippen molar-refractivity contribution >= 4 is 35.1 Å². The molecule has 3 aromatic rings. The number of Topliss-reactive ketones (excluding diaryl/α,β-unsaturated/α-hetero) is 1. The van der Waals surface area contributed by atoms with Gasteiger partial charge in [0.1, 0.15) is 6.04 Å². The van der Waals surface area contributed by atoms with Gasteiger partial charge in [-0.25, -0.2) is 0 Å². The first kappa shape index (κ1) is 17.3. The van der Waals surface area contributed by atoms with E-state index in [4.69, 9.17) is 11.6 Å². The zero-order valence-electron chi connectivity index (χ0n) is 14.4. The van der Waals surface area contributed by atoms with Crippen LogP contribution in [0.4, 0.5) is 5.69 Å². The summed E-state index contributed by atoms with van der Waals surface area (Å²) in [6.45, 7) is 0. The van der Waals surface area contributed by atoms with Crippen LogP contribution < -0.4 is 4.90 Å². The second-order valence-electron chi connectivity index (χ2n) is 6.30. The first-order valence-electron chi connectivity index (χ1n) is 8.60. The number of carbonyl (C=O) groups excluding carboxylic acids is 2. The van der Waals surface area contributed by atoms with Crippen LogP contribution in [0.25, 0.3) is 6.08 Å². The first-order valence-corrected chi connectivity index (χ1v) is 8.98. The van der Waals surface area contributed by atoms with Crippen molar-refractivity contribution in [2.45, 2.75) is 6.04 Å².